The fourth-order valence-corrected chi connectivity index (χ4v) is 1.19. The van der Waals surface area contributed by atoms with E-state index in [1.165, 1.54) is 12.3 Å². The van der Waals surface area contributed by atoms with Crippen molar-refractivity contribution in [1.82, 2.24) is 9.97 Å². The lowest BCUT2D eigenvalue weighted by Gasteiger charge is -2.01. The number of fused-ring (bicyclic) bond motifs is 1. The molecule has 0 fully saturated rings. The minimum Gasteiger partial charge on any atom is -0.306 e. The molecule has 0 saturated heterocycles. The van der Waals surface area contributed by atoms with E-state index in [0.717, 1.165) is 11.0 Å². The molecule has 1 aromatic carbocycles. The second-order valence-electron chi connectivity index (χ2n) is 2.94. The summed E-state index contributed by atoms with van der Waals surface area (Å²) in [5, 5.41) is 2.55. The van der Waals surface area contributed by atoms with Crippen LogP contribution >= 0.6 is 0 Å². The average molecular weight is 199 g/mol. The number of aromatic nitrogens is 2. The van der Waals surface area contributed by atoms with E-state index < -0.39 is 0 Å². The van der Waals surface area contributed by atoms with Crippen LogP contribution < -0.4 is 5.32 Å². The van der Waals surface area contributed by atoms with E-state index in [1.807, 2.05) is 24.3 Å². The van der Waals surface area contributed by atoms with Crippen molar-refractivity contribution >= 4 is 22.8 Å². The van der Waals surface area contributed by atoms with Crippen LogP contribution in [0, 0.1) is 0 Å². The fourth-order valence-electron chi connectivity index (χ4n) is 1.19. The zero-order valence-corrected chi connectivity index (χ0v) is 7.97. The number of nitrogens with zero attached hydrogens (tertiary/aromatic N) is 2. The molecule has 0 atom stereocenters. The number of rotatable bonds is 2. The van der Waals surface area contributed by atoms with Crippen molar-refractivity contribution in [3.05, 3.63) is 43.1 Å². The van der Waals surface area contributed by atoms with Gasteiger partial charge in [-0.2, -0.15) is 0 Å². The maximum absolute atomic E-state index is 11.0. The lowest BCUT2D eigenvalue weighted by molar-refractivity contribution is -0.111. The summed E-state index contributed by atoms with van der Waals surface area (Å²) in [5.41, 5.74) is 1.55. The molecule has 0 aliphatic carbocycles. The molecule has 0 saturated carbocycles. The van der Waals surface area contributed by atoms with Gasteiger partial charge in [0.1, 0.15) is 0 Å². The maximum Gasteiger partial charge on any atom is 0.248 e. The van der Waals surface area contributed by atoms with Gasteiger partial charge in [0.2, 0.25) is 5.91 Å². The first-order valence-corrected chi connectivity index (χ1v) is 4.45. The Hall–Kier alpha value is -2.23. The maximum atomic E-state index is 11.0. The molecule has 0 aliphatic heterocycles. The van der Waals surface area contributed by atoms with Gasteiger partial charge in [0.15, 0.2) is 5.82 Å². The van der Waals surface area contributed by atoms with Crippen LogP contribution in [-0.2, 0) is 4.79 Å². The molecule has 0 unspecified atom stereocenters. The number of hydrogen-bond donors (Lipinski definition) is 1. The third-order valence-corrected chi connectivity index (χ3v) is 1.89. The van der Waals surface area contributed by atoms with E-state index in [4.69, 9.17) is 0 Å². The summed E-state index contributed by atoms with van der Waals surface area (Å²) in [6.45, 7) is 3.36. The van der Waals surface area contributed by atoms with Crippen molar-refractivity contribution in [3.63, 3.8) is 0 Å². The average Bonchev–Trinajstić information content (AvgIpc) is 2.29. The number of carbonyl (C=O) groups excluding carboxylic acids is 1. The van der Waals surface area contributed by atoms with Crippen LogP contribution in [-0.4, -0.2) is 15.9 Å². The topological polar surface area (TPSA) is 54.9 Å². The first kappa shape index (κ1) is 9.33. The zero-order valence-electron chi connectivity index (χ0n) is 7.97. The Morgan fingerprint density at radius 3 is 2.80 bits per heavy atom. The van der Waals surface area contributed by atoms with Crippen LogP contribution in [0.15, 0.2) is 43.1 Å². The Morgan fingerprint density at radius 2 is 2.07 bits per heavy atom. The third-order valence-electron chi connectivity index (χ3n) is 1.89. The summed E-state index contributed by atoms with van der Waals surface area (Å²) >= 11 is 0. The summed E-state index contributed by atoms with van der Waals surface area (Å²) in [6.07, 6.45) is 2.71. The van der Waals surface area contributed by atoms with Crippen molar-refractivity contribution in [3.8, 4) is 0 Å². The summed E-state index contributed by atoms with van der Waals surface area (Å²) in [6, 6.07) is 7.46. The molecular weight excluding hydrogens is 190 g/mol. The van der Waals surface area contributed by atoms with Gasteiger partial charge in [-0.1, -0.05) is 18.7 Å². The van der Waals surface area contributed by atoms with Crippen molar-refractivity contribution in [2.24, 2.45) is 0 Å². The normalized spacial score (nSPS) is 9.87. The Kier molecular flexibility index (Phi) is 2.41. The monoisotopic (exact) mass is 199 g/mol. The number of para-hydroxylation sites is 2. The van der Waals surface area contributed by atoms with Crippen molar-refractivity contribution < 1.29 is 4.79 Å². The lowest BCUT2D eigenvalue weighted by atomic mass is 10.3. The molecule has 15 heavy (non-hydrogen) atoms. The van der Waals surface area contributed by atoms with Crippen LogP contribution in [0.1, 0.15) is 0 Å². The molecule has 0 spiro atoms. The molecule has 2 rings (SSSR count). The first-order valence-electron chi connectivity index (χ1n) is 4.45. The van der Waals surface area contributed by atoms with Crippen LogP contribution in [0.4, 0.5) is 5.82 Å². The van der Waals surface area contributed by atoms with Crippen LogP contribution in [0.25, 0.3) is 11.0 Å². The highest BCUT2D eigenvalue weighted by Crippen LogP contribution is 2.10. The number of benzene rings is 1. The quantitative estimate of drug-likeness (QED) is 0.750. The second kappa shape index (κ2) is 3.88. The first-order chi connectivity index (χ1) is 7.29. The van der Waals surface area contributed by atoms with E-state index in [1.54, 1.807) is 0 Å². The van der Waals surface area contributed by atoms with Gasteiger partial charge < -0.3 is 5.32 Å². The Balaban J connectivity index is 2.38. The predicted molar refractivity (Wildman–Crippen MR) is 58.4 cm³/mol. The molecular formula is C11H9N3O. The highest BCUT2D eigenvalue weighted by atomic mass is 16.1. The van der Waals surface area contributed by atoms with E-state index >= 15 is 0 Å². The highest BCUT2D eigenvalue weighted by Gasteiger charge is 2.00. The minimum absolute atomic E-state index is 0.292. The van der Waals surface area contributed by atoms with Gasteiger partial charge in [0.05, 0.1) is 17.2 Å². The number of nitrogens with one attached hydrogen (secondary N) is 1. The Bertz CT molecular complexity index is 522. The van der Waals surface area contributed by atoms with Gasteiger partial charge in [-0.15, -0.1) is 0 Å². The standard InChI is InChI=1S/C11H9N3O/c1-2-11(15)14-10-7-12-8-5-3-4-6-9(8)13-10/h2-7H,1H2,(H,13,14,15). The highest BCUT2D eigenvalue weighted by molar-refractivity contribution is 5.98. The Morgan fingerprint density at radius 1 is 1.33 bits per heavy atom. The van der Waals surface area contributed by atoms with E-state index in [-0.39, 0.29) is 5.91 Å². The Labute approximate surface area is 86.7 Å². The molecule has 0 bridgehead atoms. The summed E-state index contributed by atoms with van der Waals surface area (Å²) in [5.74, 6) is 0.137. The zero-order chi connectivity index (χ0) is 10.7. The molecule has 1 aromatic heterocycles. The summed E-state index contributed by atoms with van der Waals surface area (Å²) < 4.78 is 0. The van der Waals surface area contributed by atoms with Gasteiger partial charge >= 0.3 is 0 Å². The molecule has 0 aliphatic rings. The number of carbonyl (C=O) groups is 1. The van der Waals surface area contributed by atoms with Gasteiger partial charge in [-0.25, -0.2) is 4.98 Å². The van der Waals surface area contributed by atoms with Crippen molar-refractivity contribution in [2.45, 2.75) is 0 Å². The third kappa shape index (κ3) is 1.99. The number of amides is 1. The predicted octanol–water partition coefficient (Wildman–Crippen LogP) is 1.75. The van der Waals surface area contributed by atoms with E-state index in [9.17, 15) is 4.79 Å². The lowest BCUT2D eigenvalue weighted by Crippen LogP contribution is -2.09. The van der Waals surface area contributed by atoms with E-state index in [2.05, 4.69) is 21.9 Å². The van der Waals surface area contributed by atoms with Crippen molar-refractivity contribution in [2.75, 3.05) is 5.32 Å². The number of hydrogen-bond acceptors (Lipinski definition) is 3. The van der Waals surface area contributed by atoms with Crippen LogP contribution in [0.5, 0.6) is 0 Å². The van der Waals surface area contributed by atoms with E-state index in [0.29, 0.717) is 5.82 Å². The smallest absolute Gasteiger partial charge is 0.248 e. The van der Waals surface area contributed by atoms with Gasteiger partial charge in [-0.3, -0.25) is 9.78 Å². The van der Waals surface area contributed by atoms with Crippen molar-refractivity contribution in [1.29, 1.82) is 0 Å². The molecule has 1 heterocycles. The molecule has 0 radical (unpaired) electrons. The van der Waals surface area contributed by atoms with Crippen LogP contribution in [0.3, 0.4) is 0 Å². The molecule has 2 aromatic rings. The largest absolute Gasteiger partial charge is 0.306 e. The molecule has 1 amide bonds. The summed E-state index contributed by atoms with van der Waals surface area (Å²) in [4.78, 5) is 19.4. The fraction of sp³-hybridized carbons (Fsp3) is 0. The minimum atomic E-state index is -0.292. The molecule has 74 valence electrons. The molecule has 4 heteroatoms. The SMILES string of the molecule is C=CC(=O)Nc1cnc2ccccc2n1. The van der Waals surface area contributed by atoms with Gasteiger partial charge in [-0.05, 0) is 18.2 Å². The molecule has 4 nitrogen and oxygen atoms in total. The van der Waals surface area contributed by atoms with Gasteiger partial charge in [0, 0.05) is 0 Å². The van der Waals surface area contributed by atoms with Gasteiger partial charge in [0.25, 0.3) is 0 Å². The summed E-state index contributed by atoms with van der Waals surface area (Å²) in [7, 11) is 0. The van der Waals surface area contributed by atoms with Crippen LogP contribution in [0.2, 0.25) is 0 Å². The molecule has 1 N–H and O–H groups in total. The number of anilines is 1. The second-order valence-corrected chi connectivity index (χ2v) is 2.94.